The third-order valence-electron chi connectivity index (χ3n) is 3.29. The van der Waals surface area contributed by atoms with Crippen LogP contribution in [-0.4, -0.2) is 10.9 Å². The molecule has 0 unspecified atom stereocenters. The van der Waals surface area contributed by atoms with Crippen LogP contribution in [0.2, 0.25) is 0 Å². The summed E-state index contributed by atoms with van der Waals surface area (Å²) in [5.41, 5.74) is 1.60. The summed E-state index contributed by atoms with van der Waals surface area (Å²) in [6.45, 7) is 4.07. The number of hydrogen-bond donors (Lipinski definition) is 1. The number of pyridine rings is 1. The molecule has 19 heavy (non-hydrogen) atoms. The molecule has 3 nitrogen and oxygen atoms in total. The minimum absolute atomic E-state index is 0.0608. The van der Waals surface area contributed by atoms with Gasteiger partial charge >= 0.3 is 0 Å². The number of carbonyl (C=O) groups excluding carboxylic acids is 1. The first kappa shape index (κ1) is 14.0. The molecule has 0 radical (unpaired) electrons. The number of anilines is 1. The number of benzene rings is 1. The van der Waals surface area contributed by atoms with Gasteiger partial charge in [0.2, 0.25) is 5.91 Å². The van der Waals surface area contributed by atoms with Gasteiger partial charge in [0.1, 0.15) is 0 Å². The van der Waals surface area contributed by atoms with Gasteiger partial charge in [0.15, 0.2) is 0 Å². The maximum absolute atomic E-state index is 12.1. The standard InChI is InChI=1S/C15H17BrN2O/c1-3-10(4-2)15(19)18-13-7-5-6-11-8-12(16)9-17-14(11)13/h5-10H,3-4H2,1-2H3,(H,18,19). The zero-order valence-corrected chi connectivity index (χ0v) is 12.7. The van der Waals surface area contributed by atoms with Crippen molar-refractivity contribution >= 4 is 38.4 Å². The van der Waals surface area contributed by atoms with E-state index in [1.165, 1.54) is 0 Å². The molecule has 2 aromatic rings. The van der Waals surface area contributed by atoms with Gasteiger partial charge in [0.25, 0.3) is 0 Å². The zero-order valence-electron chi connectivity index (χ0n) is 11.1. The van der Waals surface area contributed by atoms with Crippen molar-refractivity contribution in [2.24, 2.45) is 5.92 Å². The Labute approximate surface area is 121 Å². The van der Waals surface area contributed by atoms with Gasteiger partial charge in [0.05, 0.1) is 11.2 Å². The highest BCUT2D eigenvalue weighted by Crippen LogP contribution is 2.24. The average Bonchev–Trinajstić information content (AvgIpc) is 2.40. The number of hydrogen-bond acceptors (Lipinski definition) is 2. The van der Waals surface area contributed by atoms with Crippen LogP contribution >= 0.6 is 15.9 Å². The number of aromatic nitrogens is 1. The predicted molar refractivity (Wildman–Crippen MR) is 82.1 cm³/mol. The van der Waals surface area contributed by atoms with Crippen molar-refractivity contribution < 1.29 is 4.79 Å². The number of rotatable bonds is 4. The van der Waals surface area contributed by atoms with Crippen molar-refractivity contribution in [3.8, 4) is 0 Å². The molecule has 0 aliphatic rings. The number of fused-ring (bicyclic) bond motifs is 1. The second kappa shape index (κ2) is 6.15. The van der Waals surface area contributed by atoms with Crippen LogP contribution in [0.1, 0.15) is 26.7 Å². The fourth-order valence-electron chi connectivity index (χ4n) is 2.13. The Kier molecular flexibility index (Phi) is 4.53. The second-order valence-electron chi connectivity index (χ2n) is 4.53. The summed E-state index contributed by atoms with van der Waals surface area (Å²) in [4.78, 5) is 16.5. The monoisotopic (exact) mass is 320 g/mol. The van der Waals surface area contributed by atoms with Gasteiger partial charge in [-0.2, -0.15) is 0 Å². The quantitative estimate of drug-likeness (QED) is 0.908. The number of nitrogens with one attached hydrogen (secondary N) is 1. The van der Waals surface area contributed by atoms with Crippen molar-refractivity contribution in [1.82, 2.24) is 4.98 Å². The van der Waals surface area contributed by atoms with Gasteiger partial charge in [-0.1, -0.05) is 26.0 Å². The molecule has 0 atom stereocenters. The van der Waals surface area contributed by atoms with Crippen molar-refractivity contribution in [2.75, 3.05) is 5.32 Å². The highest BCUT2D eigenvalue weighted by molar-refractivity contribution is 9.10. The van der Waals surface area contributed by atoms with Crippen LogP contribution in [0.5, 0.6) is 0 Å². The average molecular weight is 321 g/mol. The molecule has 1 heterocycles. The summed E-state index contributed by atoms with van der Waals surface area (Å²) in [5, 5.41) is 4.00. The van der Waals surface area contributed by atoms with Crippen LogP contribution in [-0.2, 0) is 4.79 Å². The first-order valence-corrected chi connectivity index (χ1v) is 7.30. The maximum Gasteiger partial charge on any atom is 0.227 e. The summed E-state index contributed by atoms with van der Waals surface area (Å²) < 4.78 is 0.934. The molecule has 0 spiro atoms. The van der Waals surface area contributed by atoms with Crippen LogP contribution in [0.25, 0.3) is 10.9 Å². The Morgan fingerprint density at radius 3 is 2.79 bits per heavy atom. The molecule has 1 amide bonds. The minimum atomic E-state index is 0.0608. The smallest absolute Gasteiger partial charge is 0.227 e. The van der Waals surface area contributed by atoms with E-state index in [2.05, 4.69) is 26.2 Å². The number of halogens is 1. The van der Waals surface area contributed by atoms with Gasteiger partial charge < -0.3 is 5.32 Å². The number of carbonyl (C=O) groups is 1. The van der Waals surface area contributed by atoms with Crippen LogP contribution in [0.3, 0.4) is 0 Å². The van der Waals surface area contributed by atoms with Gasteiger partial charge in [-0.05, 0) is 40.9 Å². The fourth-order valence-corrected chi connectivity index (χ4v) is 2.48. The summed E-state index contributed by atoms with van der Waals surface area (Å²) in [6, 6.07) is 7.80. The molecular formula is C15H17BrN2O. The first-order chi connectivity index (χ1) is 9.15. The molecule has 1 aromatic carbocycles. The minimum Gasteiger partial charge on any atom is -0.324 e. The summed E-state index contributed by atoms with van der Waals surface area (Å²) >= 11 is 3.40. The van der Waals surface area contributed by atoms with E-state index in [-0.39, 0.29) is 11.8 Å². The van der Waals surface area contributed by atoms with E-state index in [1.54, 1.807) is 6.20 Å². The van der Waals surface area contributed by atoms with Gasteiger partial charge in [-0.15, -0.1) is 0 Å². The van der Waals surface area contributed by atoms with Crippen LogP contribution in [0.4, 0.5) is 5.69 Å². The van der Waals surface area contributed by atoms with E-state index < -0.39 is 0 Å². The normalized spacial score (nSPS) is 10.9. The molecule has 0 aliphatic carbocycles. The van der Waals surface area contributed by atoms with Gasteiger partial charge in [0, 0.05) is 22.0 Å². The van der Waals surface area contributed by atoms with E-state index >= 15 is 0 Å². The summed E-state index contributed by atoms with van der Waals surface area (Å²) in [5.74, 6) is 0.132. The molecule has 1 N–H and O–H groups in total. The maximum atomic E-state index is 12.1. The Hall–Kier alpha value is -1.42. The number of amides is 1. The lowest BCUT2D eigenvalue weighted by Crippen LogP contribution is -2.21. The SMILES string of the molecule is CCC(CC)C(=O)Nc1cccc2cc(Br)cnc12. The van der Waals surface area contributed by atoms with Gasteiger partial charge in [-0.25, -0.2) is 0 Å². The predicted octanol–water partition coefficient (Wildman–Crippen LogP) is 4.37. The van der Waals surface area contributed by atoms with Crippen LogP contribution in [0.15, 0.2) is 34.9 Å². The van der Waals surface area contributed by atoms with Gasteiger partial charge in [-0.3, -0.25) is 9.78 Å². The highest BCUT2D eigenvalue weighted by atomic mass is 79.9. The zero-order chi connectivity index (χ0) is 13.8. The third-order valence-corrected chi connectivity index (χ3v) is 3.73. The topological polar surface area (TPSA) is 42.0 Å². The van der Waals surface area contributed by atoms with Crippen molar-refractivity contribution in [3.63, 3.8) is 0 Å². The van der Waals surface area contributed by atoms with Crippen LogP contribution in [0, 0.1) is 5.92 Å². The molecule has 100 valence electrons. The lowest BCUT2D eigenvalue weighted by Gasteiger charge is -2.13. The Balaban J connectivity index is 2.33. The highest BCUT2D eigenvalue weighted by Gasteiger charge is 2.15. The summed E-state index contributed by atoms with van der Waals surface area (Å²) in [6.07, 6.45) is 3.45. The molecule has 0 saturated carbocycles. The fraction of sp³-hybridized carbons (Fsp3) is 0.333. The molecule has 1 aromatic heterocycles. The van der Waals surface area contributed by atoms with Crippen molar-refractivity contribution in [1.29, 1.82) is 0 Å². The third kappa shape index (κ3) is 3.13. The van der Waals surface area contributed by atoms with Crippen molar-refractivity contribution in [3.05, 3.63) is 34.9 Å². The van der Waals surface area contributed by atoms with E-state index in [1.807, 2.05) is 38.1 Å². The Morgan fingerprint density at radius 1 is 1.37 bits per heavy atom. The molecule has 4 heteroatoms. The number of para-hydroxylation sites is 1. The molecular weight excluding hydrogens is 304 g/mol. The number of nitrogens with zero attached hydrogens (tertiary/aromatic N) is 1. The van der Waals surface area contributed by atoms with Crippen LogP contribution < -0.4 is 5.32 Å². The molecule has 2 rings (SSSR count). The lowest BCUT2D eigenvalue weighted by atomic mass is 10.0. The Morgan fingerprint density at radius 2 is 2.11 bits per heavy atom. The molecule has 0 aliphatic heterocycles. The largest absolute Gasteiger partial charge is 0.324 e. The molecule has 0 saturated heterocycles. The summed E-state index contributed by atoms with van der Waals surface area (Å²) in [7, 11) is 0. The lowest BCUT2D eigenvalue weighted by molar-refractivity contribution is -0.120. The van der Waals surface area contributed by atoms with E-state index in [4.69, 9.17) is 0 Å². The van der Waals surface area contributed by atoms with Crippen molar-refractivity contribution in [2.45, 2.75) is 26.7 Å². The van der Waals surface area contributed by atoms with E-state index in [0.717, 1.165) is 33.9 Å². The Bertz CT molecular complexity index is 594. The molecule has 0 fully saturated rings. The van der Waals surface area contributed by atoms with E-state index in [9.17, 15) is 4.79 Å². The first-order valence-electron chi connectivity index (χ1n) is 6.50. The second-order valence-corrected chi connectivity index (χ2v) is 5.45. The molecule has 0 bridgehead atoms. The van der Waals surface area contributed by atoms with E-state index in [0.29, 0.717) is 0 Å².